The van der Waals surface area contributed by atoms with Crippen molar-refractivity contribution in [2.45, 2.75) is 19.9 Å². The average Bonchev–Trinajstić information content (AvgIpc) is 2.39. The van der Waals surface area contributed by atoms with E-state index >= 15 is 0 Å². The predicted octanol–water partition coefficient (Wildman–Crippen LogP) is 4.30. The second-order valence-corrected chi connectivity index (χ2v) is 5.33. The molecule has 1 atom stereocenters. The van der Waals surface area contributed by atoms with Crippen LogP contribution in [0.5, 0.6) is 0 Å². The summed E-state index contributed by atoms with van der Waals surface area (Å²) in [6.07, 6.45) is 3.82. The van der Waals surface area contributed by atoms with Crippen LogP contribution in [0, 0.1) is 0 Å². The fourth-order valence-corrected chi connectivity index (χ4v) is 2.70. The maximum Gasteiger partial charge on any atom is 0.0516 e. The third-order valence-corrected chi connectivity index (χ3v) is 3.66. The molecule has 0 aromatic heterocycles. The van der Waals surface area contributed by atoms with Gasteiger partial charge in [0.1, 0.15) is 0 Å². The number of nitrogens with one attached hydrogen (secondary N) is 1. The maximum atomic E-state index is 3.81. The van der Waals surface area contributed by atoms with Crippen LogP contribution >= 0.6 is 15.9 Å². The molecule has 1 rings (SSSR count). The van der Waals surface area contributed by atoms with Crippen LogP contribution in [0.25, 0.3) is 0 Å². The Morgan fingerprint density at radius 1 is 1.32 bits per heavy atom. The number of rotatable bonds is 8. The molecule has 2 nitrogen and oxygen atoms in total. The number of hydrogen-bond donors (Lipinski definition) is 1. The molecule has 0 amide bonds. The summed E-state index contributed by atoms with van der Waals surface area (Å²) in [5, 5.41) is 3.42. The third kappa shape index (κ3) is 4.51. The summed E-state index contributed by atoms with van der Waals surface area (Å²) < 4.78 is 1.11. The first-order valence-electron chi connectivity index (χ1n) is 6.63. The molecular weight excluding hydrogens is 300 g/mol. The maximum absolute atomic E-state index is 3.81. The Kier molecular flexibility index (Phi) is 6.89. The van der Waals surface area contributed by atoms with Crippen LogP contribution in [0.15, 0.2) is 48.0 Å². The minimum atomic E-state index is 0.364. The lowest BCUT2D eigenvalue weighted by Crippen LogP contribution is -2.24. The zero-order chi connectivity index (χ0) is 14.3. The van der Waals surface area contributed by atoms with E-state index in [1.165, 1.54) is 11.3 Å². The largest absolute Gasteiger partial charge is 0.363 e. The molecule has 0 spiro atoms. The molecule has 0 bridgehead atoms. The van der Waals surface area contributed by atoms with Gasteiger partial charge in [-0.1, -0.05) is 25.1 Å². The molecule has 0 heterocycles. The number of hydrogen-bond acceptors (Lipinski definition) is 2. The van der Waals surface area contributed by atoms with E-state index in [1.54, 1.807) is 0 Å². The van der Waals surface area contributed by atoms with E-state index in [0.717, 1.165) is 24.1 Å². The van der Waals surface area contributed by atoms with Gasteiger partial charge >= 0.3 is 0 Å². The molecule has 1 aromatic carbocycles. The van der Waals surface area contributed by atoms with Gasteiger partial charge in [0.05, 0.1) is 5.69 Å². The quantitative estimate of drug-likeness (QED) is 0.718. The fraction of sp³-hybridized carbons (Fsp3) is 0.375. The van der Waals surface area contributed by atoms with Crippen LogP contribution in [-0.4, -0.2) is 19.6 Å². The number of benzene rings is 1. The summed E-state index contributed by atoms with van der Waals surface area (Å²) >= 11 is 3.67. The van der Waals surface area contributed by atoms with Crippen LogP contribution < -0.4 is 10.2 Å². The minimum Gasteiger partial charge on any atom is -0.363 e. The monoisotopic (exact) mass is 322 g/mol. The molecule has 1 unspecified atom stereocenters. The summed E-state index contributed by atoms with van der Waals surface area (Å²) in [5.41, 5.74) is 2.46. The second-order valence-electron chi connectivity index (χ2n) is 4.47. The van der Waals surface area contributed by atoms with Gasteiger partial charge in [-0.15, -0.1) is 13.2 Å². The predicted molar refractivity (Wildman–Crippen MR) is 88.8 cm³/mol. The Balaban J connectivity index is 2.97. The van der Waals surface area contributed by atoms with E-state index in [4.69, 9.17) is 0 Å². The molecular formula is C16H23BrN2. The Morgan fingerprint density at radius 3 is 2.42 bits per heavy atom. The van der Waals surface area contributed by atoms with E-state index in [-0.39, 0.29) is 0 Å². The van der Waals surface area contributed by atoms with Crippen molar-refractivity contribution in [3.8, 4) is 0 Å². The molecule has 1 N–H and O–H groups in total. The highest BCUT2D eigenvalue weighted by Gasteiger charge is 2.10. The standard InChI is InChI=1S/C16H23BrN2/c1-5-10-19(11-6-2)16-9-8-14(12-15(16)17)13(4)18-7-3/h5-6,8-9,12-13,18H,1-2,7,10-11H2,3-4H3. The molecule has 19 heavy (non-hydrogen) atoms. The van der Waals surface area contributed by atoms with E-state index < -0.39 is 0 Å². The SMILES string of the molecule is C=CCN(CC=C)c1ccc(C(C)NCC)cc1Br. The van der Waals surface area contributed by atoms with E-state index in [2.05, 4.69) is 71.4 Å². The van der Waals surface area contributed by atoms with Crippen molar-refractivity contribution in [1.82, 2.24) is 5.32 Å². The van der Waals surface area contributed by atoms with Gasteiger partial charge in [0.2, 0.25) is 0 Å². The van der Waals surface area contributed by atoms with Gasteiger partial charge in [-0.2, -0.15) is 0 Å². The Morgan fingerprint density at radius 2 is 1.95 bits per heavy atom. The molecule has 0 radical (unpaired) electrons. The zero-order valence-corrected chi connectivity index (χ0v) is 13.4. The lowest BCUT2D eigenvalue weighted by atomic mass is 10.1. The normalized spacial score (nSPS) is 11.9. The van der Waals surface area contributed by atoms with Crippen molar-refractivity contribution in [1.29, 1.82) is 0 Å². The fourth-order valence-electron chi connectivity index (χ4n) is 2.06. The van der Waals surface area contributed by atoms with Gasteiger partial charge < -0.3 is 10.2 Å². The third-order valence-electron chi connectivity index (χ3n) is 3.02. The smallest absolute Gasteiger partial charge is 0.0516 e. The van der Waals surface area contributed by atoms with Gasteiger partial charge in [0, 0.05) is 23.6 Å². The van der Waals surface area contributed by atoms with Crippen molar-refractivity contribution in [2.75, 3.05) is 24.5 Å². The first-order chi connectivity index (χ1) is 9.13. The molecule has 0 fully saturated rings. The van der Waals surface area contributed by atoms with E-state index in [1.807, 2.05) is 12.2 Å². The molecule has 0 aliphatic rings. The summed E-state index contributed by atoms with van der Waals surface area (Å²) in [7, 11) is 0. The molecule has 0 aliphatic carbocycles. The van der Waals surface area contributed by atoms with Gasteiger partial charge in [0.25, 0.3) is 0 Å². The van der Waals surface area contributed by atoms with Crippen LogP contribution in [-0.2, 0) is 0 Å². The average molecular weight is 323 g/mol. The van der Waals surface area contributed by atoms with Crippen LogP contribution in [0.4, 0.5) is 5.69 Å². The highest BCUT2D eigenvalue weighted by molar-refractivity contribution is 9.10. The van der Waals surface area contributed by atoms with Crippen molar-refractivity contribution in [2.24, 2.45) is 0 Å². The Labute approximate surface area is 125 Å². The lowest BCUT2D eigenvalue weighted by molar-refractivity contribution is 0.598. The molecule has 3 heteroatoms. The summed E-state index contributed by atoms with van der Waals surface area (Å²) in [4.78, 5) is 2.23. The summed E-state index contributed by atoms with van der Waals surface area (Å²) in [5.74, 6) is 0. The number of anilines is 1. The number of nitrogens with zero attached hydrogens (tertiary/aromatic N) is 1. The molecule has 0 saturated heterocycles. The van der Waals surface area contributed by atoms with Crippen LogP contribution in [0.3, 0.4) is 0 Å². The van der Waals surface area contributed by atoms with Crippen LogP contribution in [0.2, 0.25) is 0 Å². The highest BCUT2D eigenvalue weighted by atomic mass is 79.9. The first-order valence-corrected chi connectivity index (χ1v) is 7.42. The first kappa shape index (κ1) is 16.0. The minimum absolute atomic E-state index is 0.364. The molecule has 104 valence electrons. The van der Waals surface area contributed by atoms with E-state index in [9.17, 15) is 0 Å². The lowest BCUT2D eigenvalue weighted by Gasteiger charge is -2.24. The summed E-state index contributed by atoms with van der Waals surface area (Å²) in [6, 6.07) is 6.87. The molecule has 0 aliphatic heterocycles. The number of halogens is 1. The highest BCUT2D eigenvalue weighted by Crippen LogP contribution is 2.29. The zero-order valence-electron chi connectivity index (χ0n) is 11.8. The summed E-state index contributed by atoms with van der Waals surface area (Å²) in [6.45, 7) is 14.5. The van der Waals surface area contributed by atoms with Gasteiger partial charge in [-0.25, -0.2) is 0 Å². The van der Waals surface area contributed by atoms with Crippen molar-refractivity contribution < 1.29 is 0 Å². The van der Waals surface area contributed by atoms with Gasteiger partial charge in [-0.3, -0.25) is 0 Å². The topological polar surface area (TPSA) is 15.3 Å². The van der Waals surface area contributed by atoms with E-state index in [0.29, 0.717) is 6.04 Å². The Hall–Kier alpha value is -1.06. The van der Waals surface area contributed by atoms with Crippen molar-refractivity contribution in [3.05, 3.63) is 53.5 Å². The second kappa shape index (κ2) is 8.18. The molecule has 0 saturated carbocycles. The van der Waals surface area contributed by atoms with Crippen molar-refractivity contribution >= 4 is 21.6 Å². The molecule has 1 aromatic rings. The van der Waals surface area contributed by atoms with Crippen LogP contribution in [0.1, 0.15) is 25.5 Å². The van der Waals surface area contributed by atoms with Gasteiger partial charge in [-0.05, 0) is 47.1 Å². The Bertz CT molecular complexity index is 419. The van der Waals surface area contributed by atoms with Gasteiger partial charge in [0.15, 0.2) is 0 Å². The van der Waals surface area contributed by atoms with Crippen molar-refractivity contribution in [3.63, 3.8) is 0 Å².